The molecule has 0 spiro atoms. The Balaban J connectivity index is 2.19. The van der Waals surface area contributed by atoms with Crippen molar-refractivity contribution in [3.63, 3.8) is 0 Å². The summed E-state index contributed by atoms with van der Waals surface area (Å²) in [6, 6.07) is 7.34. The summed E-state index contributed by atoms with van der Waals surface area (Å²) in [6.45, 7) is 0. The molecule has 7 heteroatoms. The maximum Gasteiger partial charge on any atom is 0.354 e. The minimum absolute atomic E-state index is 0.00604. The molecule has 0 saturated heterocycles. The Kier molecular flexibility index (Phi) is 5.14. The molecular formula is C16H17N3O4. The fourth-order valence-corrected chi connectivity index (χ4v) is 1.90. The summed E-state index contributed by atoms with van der Waals surface area (Å²) in [5, 5.41) is 6.96. The Labute approximate surface area is 133 Å². The van der Waals surface area contributed by atoms with Crippen LogP contribution < -0.4 is 5.32 Å². The number of hydrogen-bond acceptors (Lipinski definition) is 6. The van der Waals surface area contributed by atoms with Crippen molar-refractivity contribution in [3.8, 4) is 11.1 Å². The molecule has 1 N–H and O–H groups in total. The van der Waals surface area contributed by atoms with Crippen molar-refractivity contribution in [2.45, 2.75) is 0 Å². The van der Waals surface area contributed by atoms with Gasteiger partial charge < -0.3 is 14.8 Å². The zero-order valence-corrected chi connectivity index (χ0v) is 13.1. The second-order valence-corrected chi connectivity index (χ2v) is 4.68. The van der Waals surface area contributed by atoms with Crippen LogP contribution in [0.3, 0.4) is 0 Å². The molecule has 2 rings (SSSR count). The Hall–Kier alpha value is -3.09. The highest BCUT2D eigenvalue weighted by atomic mass is 16.5. The van der Waals surface area contributed by atoms with Crippen LogP contribution in [0, 0.1) is 0 Å². The summed E-state index contributed by atoms with van der Waals surface area (Å²) in [4.78, 5) is 23.0. The van der Waals surface area contributed by atoms with Crippen molar-refractivity contribution in [2.75, 3.05) is 19.5 Å². The van der Waals surface area contributed by atoms with E-state index in [4.69, 9.17) is 0 Å². The average molecular weight is 315 g/mol. The standard InChI is InChI=1S/C16H17N3O4/c1-19-10-12(9-17-19)11-4-6-13(7-5-11)18-14(16(21)23-3)8-15(20)22-2/h4-10,18H,1-3H3/b14-8+. The maximum atomic E-state index is 11.7. The molecule has 0 fully saturated rings. The fourth-order valence-electron chi connectivity index (χ4n) is 1.90. The van der Waals surface area contributed by atoms with Crippen molar-refractivity contribution in [1.82, 2.24) is 9.78 Å². The number of nitrogens with zero attached hydrogens (tertiary/aromatic N) is 2. The first-order chi connectivity index (χ1) is 11.0. The van der Waals surface area contributed by atoms with E-state index in [2.05, 4.69) is 19.9 Å². The van der Waals surface area contributed by atoms with Crippen molar-refractivity contribution in [3.05, 3.63) is 48.4 Å². The van der Waals surface area contributed by atoms with Crippen LogP contribution in [0.25, 0.3) is 11.1 Å². The summed E-state index contributed by atoms with van der Waals surface area (Å²) < 4.78 is 10.9. The molecule has 1 aromatic heterocycles. The van der Waals surface area contributed by atoms with Gasteiger partial charge in [-0.15, -0.1) is 0 Å². The smallest absolute Gasteiger partial charge is 0.354 e. The summed E-state index contributed by atoms with van der Waals surface area (Å²) in [6.07, 6.45) is 4.71. The highest BCUT2D eigenvalue weighted by Gasteiger charge is 2.12. The fraction of sp³-hybridized carbons (Fsp3) is 0.188. The molecule has 120 valence electrons. The lowest BCUT2D eigenvalue weighted by Gasteiger charge is -2.09. The lowest BCUT2D eigenvalue weighted by Crippen LogP contribution is -2.15. The van der Waals surface area contributed by atoms with Crippen LogP contribution in [0.15, 0.2) is 48.4 Å². The summed E-state index contributed by atoms with van der Waals surface area (Å²) in [5.41, 5.74) is 2.60. The van der Waals surface area contributed by atoms with Crippen LogP contribution in [0.1, 0.15) is 0 Å². The molecule has 0 unspecified atom stereocenters. The van der Waals surface area contributed by atoms with Gasteiger partial charge in [-0.05, 0) is 17.7 Å². The molecular weight excluding hydrogens is 298 g/mol. The minimum atomic E-state index is -0.660. The number of aromatic nitrogens is 2. The molecule has 0 bridgehead atoms. The molecule has 0 aliphatic carbocycles. The van der Waals surface area contributed by atoms with Gasteiger partial charge in [0, 0.05) is 24.5 Å². The number of carbonyl (C=O) groups is 2. The van der Waals surface area contributed by atoms with E-state index >= 15 is 0 Å². The van der Waals surface area contributed by atoms with Crippen LogP contribution >= 0.6 is 0 Å². The number of anilines is 1. The van der Waals surface area contributed by atoms with E-state index in [-0.39, 0.29) is 5.70 Å². The van der Waals surface area contributed by atoms with Crippen molar-refractivity contribution >= 4 is 17.6 Å². The van der Waals surface area contributed by atoms with E-state index in [1.54, 1.807) is 23.0 Å². The van der Waals surface area contributed by atoms with Gasteiger partial charge in [-0.25, -0.2) is 9.59 Å². The van der Waals surface area contributed by atoms with Crippen LogP contribution in [0.5, 0.6) is 0 Å². The minimum Gasteiger partial charge on any atom is -0.466 e. The van der Waals surface area contributed by atoms with E-state index in [0.717, 1.165) is 17.2 Å². The number of nitrogens with one attached hydrogen (secondary N) is 1. The van der Waals surface area contributed by atoms with Crippen molar-refractivity contribution in [1.29, 1.82) is 0 Å². The van der Waals surface area contributed by atoms with Crippen molar-refractivity contribution in [2.24, 2.45) is 7.05 Å². The zero-order chi connectivity index (χ0) is 16.8. The highest BCUT2D eigenvalue weighted by molar-refractivity contribution is 5.98. The lowest BCUT2D eigenvalue weighted by atomic mass is 10.1. The van der Waals surface area contributed by atoms with Crippen molar-refractivity contribution < 1.29 is 19.1 Å². The number of aryl methyl sites for hydroxylation is 1. The Morgan fingerprint density at radius 1 is 1.13 bits per heavy atom. The highest BCUT2D eigenvalue weighted by Crippen LogP contribution is 2.21. The Bertz CT molecular complexity index is 732. The molecule has 0 aliphatic heterocycles. The molecule has 7 nitrogen and oxygen atoms in total. The first-order valence-electron chi connectivity index (χ1n) is 6.77. The molecule has 0 radical (unpaired) electrons. The van der Waals surface area contributed by atoms with Gasteiger partial charge in [-0.2, -0.15) is 5.10 Å². The number of ether oxygens (including phenoxy) is 2. The van der Waals surface area contributed by atoms with E-state index < -0.39 is 11.9 Å². The number of methoxy groups -OCH3 is 2. The van der Waals surface area contributed by atoms with Gasteiger partial charge in [-0.1, -0.05) is 12.1 Å². The third-order valence-electron chi connectivity index (χ3n) is 3.07. The number of rotatable bonds is 5. The molecule has 0 aliphatic rings. The lowest BCUT2D eigenvalue weighted by molar-refractivity contribution is -0.138. The topological polar surface area (TPSA) is 82.5 Å². The van der Waals surface area contributed by atoms with Gasteiger partial charge in [-0.3, -0.25) is 4.68 Å². The molecule has 0 amide bonds. The monoisotopic (exact) mass is 315 g/mol. The largest absolute Gasteiger partial charge is 0.466 e. The normalized spacial score (nSPS) is 11.0. The predicted molar refractivity (Wildman–Crippen MR) is 84.4 cm³/mol. The predicted octanol–water partition coefficient (Wildman–Crippen LogP) is 1.73. The Morgan fingerprint density at radius 2 is 1.83 bits per heavy atom. The van der Waals surface area contributed by atoms with Gasteiger partial charge >= 0.3 is 11.9 Å². The van der Waals surface area contributed by atoms with Gasteiger partial charge in [0.2, 0.25) is 0 Å². The third kappa shape index (κ3) is 4.19. The van der Waals surface area contributed by atoms with Crippen LogP contribution in [-0.4, -0.2) is 35.9 Å². The molecule has 1 heterocycles. The first-order valence-corrected chi connectivity index (χ1v) is 6.77. The average Bonchev–Trinajstić information content (AvgIpc) is 3.00. The van der Waals surface area contributed by atoms with Gasteiger partial charge in [0.15, 0.2) is 0 Å². The maximum absolute atomic E-state index is 11.7. The molecule has 0 saturated carbocycles. The van der Waals surface area contributed by atoms with Gasteiger partial charge in [0.05, 0.1) is 26.5 Å². The molecule has 2 aromatic rings. The van der Waals surface area contributed by atoms with Gasteiger partial charge in [0.1, 0.15) is 5.70 Å². The van der Waals surface area contributed by atoms with Gasteiger partial charge in [0.25, 0.3) is 0 Å². The number of benzene rings is 1. The quantitative estimate of drug-likeness (QED) is 0.668. The molecule has 1 aromatic carbocycles. The zero-order valence-electron chi connectivity index (χ0n) is 13.1. The SMILES string of the molecule is COC(=O)/C=C(/Nc1ccc(-c2cnn(C)c2)cc1)C(=O)OC. The van der Waals surface area contributed by atoms with Crippen LogP contribution in [0.2, 0.25) is 0 Å². The first kappa shape index (κ1) is 16.3. The number of carbonyl (C=O) groups excluding carboxylic acids is 2. The summed E-state index contributed by atoms with van der Waals surface area (Å²) in [7, 11) is 4.32. The summed E-state index contributed by atoms with van der Waals surface area (Å²) in [5.74, 6) is -1.31. The molecule has 0 atom stereocenters. The van der Waals surface area contributed by atoms with E-state index in [0.29, 0.717) is 5.69 Å². The second kappa shape index (κ2) is 7.26. The second-order valence-electron chi connectivity index (χ2n) is 4.68. The van der Waals surface area contributed by atoms with Crippen LogP contribution in [0.4, 0.5) is 5.69 Å². The summed E-state index contributed by atoms with van der Waals surface area (Å²) >= 11 is 0. The van der Waals surface area contributed by atoms with E-state index in [1.807, 2.05) is 25.4 Å². The molecule has 23 heavy (non-hydrogen) atoms. The third-order valence-corrected chi connectivity index (χ3v) is 3.07. The van der Waals surface area contributed by atoms with Crippen LogP contribution in [-0.2, 0) is 26.1 Å². The Morgan fingerprint density at radius 3 is 2.35 bits per heavy atom. The van der Waals surface area contributed by atoms with E-state index in [1.165, 1.54) is 14.2 Å². The number of hydrogen-bond donors (Lipinski definition) is 1. The number of esters is 2. The van der Waals surface area contributed by atoms with E-state index in [9.17, 15) is 9.59 Å².